The summed E-state index contributed by atoms with van der Waals surface area (Å²) < 4.78 is 0.995. The Balaban J connectivity index is 2.13. The van der Waals surface area contributed by atoms with E-state index in [0.717, 1.165) is 10.1 Å². The van der Waals surface area contributed by atoms with Crippen molar-refractivity contribution >= 4 is 38.9 Å². The first-order valence-corrected chi connectivity index (χ1v) is 7.20. The number of carbonyl (C=O) groups excluding carboxylic acids is 2. The minimum atomic E-state index is -0.558. The lowest BCUT2D eigenvalue weighted by Gasteiger charge is -2.12. The Morgan fingerprint density at radius 2 is 2.10 bits per heavy atom. The predicted molar refractivity (Wildman–Crippen MR) is 81.8 cm³/mol. The average molecular weight is 291 g/mol. The highest BCUT2D eigenvalue weighted by atomic mass is 32.1. The molecule has 4 N–H and O–H groups in total. The third-order valence-corrected chi connectivity index (χ3v) is 3.97. The number of rotatable bonds is 4. The molecule has 0 aliphatic rings. The van der Waals surface area contributed by atoms with E-state index in [1.165, 1.54) is 11.3 Å². The minimum Gasteiger partial charge on any atom is -0.399 e. The summed E-state index contributed by atoms with van der Waals surface area (Å²) >= 11 is 1.38. The first-order chi connectivity index (χ1) is 9.51. The van der Waals surface area contributed by atoms with Crippen molar-refractivity contribution in [2.24, 2.45) is 0 Å². The number of fused-ring (bicyclic) bond motifs is 1. The SMILES string of the molecule is CCNC(=O)C(C)NC(=O)c1cc2cc(N)ccc2s1. The van der Waals surface area contributed by atoms with Crippen LogP contribution in [0.3, 0.4) is 0 Å². The van der Waals surface area contributed by atoms with Crippen molar-refractivity contribution in [2.75, 3.05) is 12.3 Å². The molecule has 2 amide bonds. The van der Waals surface area contributed by atoms with E-state index in [9.17, 15) is 9.59 Å². The van der Waals surface area contributed by atoms with Gasteiger partial charge in [-0.25, -0.2) is 0 Å². The van der Waals surface area contributed by atoms with E-state index in [4.69, 9.17) is 5.73 Å². The van der Waals surface area contributed by atoms with Gasteiger partial charge in [0.05, 0.1) is 4.88 Å². The second-order valence-corrected chi connectivity index (χ2v) is 5.58. The number of nitrogen functional groups attached to an aromatic ring is 1. The monoisotopic (exact) mass is 291 g/mol. The zero-order valence-electron chi connectivity index (χ0n) is 11.4. The molecule has 0 radical (unpaired) electrons. The van der Waals surface area contributed by atoms with Crippen LogP contribution in [0.15, 0.2) is 24.3 Å². The topological polar surface area (TPSA) is 84.2 Å². The van der Waals surface area contributed by atoms with Gasteiger partial charge in [0, 0.05) is 16.9 Å². The maximum atomic E-state index is 12.1. The standard InChI is InChI=1S/C14H17N3O2S/c1-3-16-13(18)8(2)17-14(19)12-7-9-6-10(15)4-5-11(9)20-12/h4-8H,3,15H2,1-2H3,(H,16,18)(H,17,19). The van der Waals surface area contributed by atoms with Crippen molar-refractivity contribution in [3.63, 3.8) is 0 Å². The van der Waals surface area contributed by atoms with E-state index >= 15 is 0 Å². The number of benzene rings is 1. The van der Waals surface area contributed by atoms with E-state index in [2.05, 4.69) is 10.6 Å². The maximum Gasteiger partial charge on any atom is 0.262 e. The van der Waals surface area contributed by atoms with Crippen LogP contribution in [0.1, 0.15) is 23.5 Å². The van der Waals surface area contributed by atoms with Crippen molar-refractivity contribution in [2.45, 2.75) is 19.9 Å². The average Bonchev–Trinajstić information content (AvgIpc) is 2.81. The van der Waals surface area contributed by atoms with E-state index in [1.807, 2.05) is 19.1 Å². The Bertz CT molecular complexity index is 651. The van der Waals surface area contributed by atoms with E-state index < -0.39 is 6.04 Å². The largest absolute Gasteiger partial charge is 0.399 e. The summed E-state index contributed by atoms with van der Waals surface area (Å²) in [5.41, 5.74) is 6.38. The van der Waals surface area contributed by atoms with Crippen LogP contribution in [0, 0.1) is 0 Å². The van der Waals surface area contributed by atoms with Crippen LogP contribution < -0.4 is 16.4 Å². The van der Waals surface area contributed by atoms with Crippen LogP contribution in [0.4, 0.5) is 5.69 Å². The fourth-order valence-corrected chi connectivity index (χ4v) is 2.78. The zero-order valence-corrected chi connectivity index (χ0v) is 12.2. The molecule has 1 aromatic carbocycles. The molecule has 0 aliphatic heterocycles. The molecule has 1 unspecified atom stereocenters. The first kappa shape index (κ1) is 14.3. The fourth-order valence-electron chi connectivity index (χ4n) is 1.83. The zero-order chi connectivity index (χ0) is 14.7. The summed E-state index contributed by atoms with van der Waals surface area (Å²) in [5.74, 6) is -0.435. The summed E-state index contributed by atoms with van der Waals surface area (Å²) in [4.78, 5) is 24.3. The minimum absolute atomic E-state index is 0.189. The van der Waals surface area contributed by atoms with Gasteiger partial charge < -0.3 is 16.4 Å². The van der Waals surface area contributed by atoms with Crippen LogP contribution in [0.25, 0.3) is 10.1 Å². The van der Waals surface area contributed by atoms with Gasteiger partial charge in [0.25, 0.3) is 5.91 Å². The third kappa shape index (κ3) is 3.08. The van der Waals surface area contributed by atoms with Crippen molar-refractivity contribution in [3.8, 4) is 0 Å². The van der Waals surface area contributed by atoms with Gasteiger partial charge in [0.2, 0.25) is 5.91 Å². The number of carbonyl (C=O) groups is 2. The Labute approximate surface area is 121 Å². The molecule has 1 aromatic heterocycles. The van der Waals surface area contributed by atoms with E-state index in [-0.39, 0.29) is 11.8 Å². The quantitative estimate of drug-likeness (QED) is 0.750. The Morgan fingerprint density at radius 3 is 2.80 bits per heavy atom. The molecule has 5 nitrogen and oxygen atoms in total. The first-order valence-electron chi connectivity index (χ1n) is 6.39. The molecular weight excluding hydrogens is 274 g/mol. The summed E-state index contributed by atoms with van der Waals surface area (Å²) in [6, 6.07) is 6.75. The van der Waals surface area contributed by atoms with E-state index in [1.54, 1.807) is 19.1 Å². The smallest absolute Gasteiger partial charge is 0.262 e. The second-order valence-electron chi connectivity index (χ2n) is 4.50. The molecule has 0 saturated carbocycles. The molecule has 0 aliphatic carbocycles. The van der Waals surface area contributed by atoms with Crippen molar-refractivity contribution in [1.29, 1.82) is 0 Å². The predicted octanol–water partition coefficient (Wildman–Crippen LogP) is 1.74. The molecule has 2 aromatic rings. The summed E-state index contributed by atoms with van der Waals surface area (Å²) in [6.07, 6.45) is 0. The molecule has 0 spiro atoms. The van der Waals surface area contributed by atoms with Crippen LogP contribution in [0.2, 0.25) is 0 Å². The maximum absolute atomic E-state index is 12.1. The Hall–Kier alpha value is -2.08. The van der Waals surface area contributed by atoms with Gasteiger partial charge in [-0.2, -0.15) is 0 Å². The van der Waals surface area contributed by atoms with Gasteiger partial charge in [-0.05, 0) is 43.5 Å². The van der Waals surface area contributed by atoms with Gasteiger partial charge in [-0.3, -0.25) is 9.59 Å². The molecule has 0 saturated heterocycles. The number of nitrogens with one attached hydrogen (secondary N) is 2. The van der Waals surface area contributed by atoms with Crippen molar-refractivity contribution < 1.29 is 9.59 Å². The molecule has 0 fully saturated rings. The van der Waals surface area contributed by atoms with Gasteiger partial charge in [-0.1, -0.05) is 0 Å². The molecule has 106 valence electrons. The van der Waals surface area contributed by atoms with Gasteiger partial charge in [0.15, 0.2) is 0 Å². The number of nitrogens with two attached hydrogens (primary N) is 1. The van der Waals surface area contributed by atoms with Gasteiger partial charge >= 0.3 is 0 Å². The van der Waals surface area contributed by atoms with Gasteiger partial charge in [-0.15, -0.1) is 11.3 Å². The number of amides is 2. The van der Waals surface area contributed by atoms with Crippen molar-refractivity contribution in [1.82, 2.24) is 10.6 Å². The molecule has 1 atom stereocenters. The summed E-state index contributed by atoms with van der Waals surface area (Å²) in [5, 5.41) is 6.29. The fraction of sp³-hybridized carbons (Fsp3) is 0.286. The molecule has 0 bridgehead atoms. The van der Waals surface area contributed by atoms with E-state index in [0.29, 0.717) is 17.1 Å². The summed E-state index contributed by atoms with van der Waals surface area (Å²) in [6.45, 7) is 4.04. The van der Waals surface area contributed by atoms with Gasteiger partial charge in [0.1, 0.15) is 6.04 Å². The number of hydrogen-bond donors (Lipinski definition) is 3. The molecule has 20 heavy (non-hydrogen) atoms. The number of thiophene rings is 1. The third-order valence-electron chi connectivity index (χ3n) is 2.86. The molecule has 6 heteroatoms. The highest BCUT2D eigenvalue weighted by Crippen LogP contribution is 2.27. The normalized spacial score (nSPS) is 12.1. The molecule has 1 heterocycles. The molecular formula is C14H17N3O2S. The lowest BCUT2D eigenvalue weighted by atomic mass is 10.2. The summed E-state index contributed by atoms with van der Waals surface area (Å²) in [7, 11) is 0. The number of likely N-dealkylation sites (N-methyl/N-ethyl adjacent to an activating group) is 1. The lowest BCUT2D eigenvalue weighted by molar-refractivity contribution is -0.122. The van der Waals surface area contributed by atoms with Crippen LogP contribution in [0.5, 0.6) is 0 Å². The second kappa shape index (κ2) is 5.92. The highest BCUT2D eigenvalue weighted by molar-refractivity contribution is 7.20. The highest BCUT2D eigenvalue weighted by Gasteiger charge is 2.17. The molecule has 2 rings (SSSR count). The lowest BCUT2D eigenvalue weighted by Crippen LogP contribution is -2.44. The number of hydrogen-bond acceptors (Lipinski definition) is 4. The van der Waals surface area contributed by atoms with Crippen LogP contribution >= 0.6 is 11.3 Å². The number of anilines is 1. The Morgan fingerprint density at radius 1 is 1.35 bits per heavy atom. The van der Waals surface area contributed by atoms with Crippen LogP contribution in [-0.4, -0.2) is 24.4 Å². The Kier molecular flexibility index (Phi) is 4.24. The van der Waals surface area contributed by atoms with Crippen LogP contribution in [-0.2, 0) is 4.79 Å². The van der Waals surface area contributed by atoms with Crippen molar-refractivity contribution in [3.05, 3.63) is 29.1 Å².